The smallest absolute Gasteiger partial charge is 0.264 e. The molecule has 0 spiro atoms. The summed E-state index contributed by atoms with van der Waals surface area (Å²) in [7, 11) is -4.24. The van der Waals surface area contributed by atoms with Crippen LogP contribution in [-0.4, -0.2) is 44.3 Å². The van der Waals surface area contributed by atoms with Crippen molar-refractivity contribution < 1.29 is 18.0 Å². The van der Waals surface area contributed by atoms with Gasteiger partial charge in [-0.3, -0.25) is 13.9 Å². The first-order valence-corrected chi connectivity index (χ1v) is 16.9. The minimum Gasteiger partial charge on any atom is -0.354 e. The Morgan fingerprint density at radius 1 is 0.778 bits per heavy atom. The summed E-state index contributed by atoms with van der Waals surface area (Å²) in [4.78, 5) is 29.7. The van der Waals surface area contributed by atoms with Crippen LogP contribution in [0.2, 0.25) is 15.1 Å². The fraction of sp³-hybridized carbons (Fsp3) is 0.235. The third-order valence-electron chi connectivity index (χ3n) is 7.07. The molecule has 1 N–H and O–H groups in total. The summed E-state index contributed by atoms with van der Waals surface area (Å²) in [5, 5.41) is 3.96. The topological polar surface area (TPSA) is 86.8 Å². The molecule has 0 heterocycles. The number of anilines is 1. The average molecular weight is 687 g/mol. The van der Waals surface area contributed by atoms with Crippen LogP contribution < -0.4 is 9.62 Å². The van der Waals surface area contributed by atoms with E-state index in [4.69, 9.17) is 34.8 Å². The second-order valence-corrected chi connectivity index (χ2v) is 14.0. The number of carbonyl (C=O) groups is 2. The second kappa shape index (κ2) is 15.6. The zero-order valence-corrected chi connectivity index (χ0v) is 28.0. The van der Waals surface area contributed by atoms with E-state index in [-0.39, 0.29) is 35.4 Å². The number of hydrogen-bond donors (Lipinski definition) is 1. The molecule has 11 heteroatoms. The van der Waals surface area contributed by atoms with Gasteiger partial charge >= 0.3 is 0 Å². The lowest BCUT2D eigenvalue weighted by Gasteiger charge is -2.34. The van der Waals surface area contributed by atoms with Crippen LogP contribution in [0.25, 0.3) is 0 Å². The summed E-state index contributed by atoms with van der Waals surface area (Å²) < 4.78 is 29.1. The van der Waals surface area contributed by atoms with Gasteiger partial charge in [0.1, 0.15) is 12.6 Å². The summed E-state index contributed by atoms with van der Waals surface area (Å²) in [5.41, 5.74) is 1.54. The first kappa shape index (κ1) is 34.3. The molecule has 45 heavy (non-hydrogen) atoms. The SMILES string of the molecule is CC(C)CNC(=O)C(Cc1ccccc1)N(Cc1c(Cl)cccc1Cl)C(=O)CN(c1ccccc1)S(=O)(=O)c1ccc(Cl)cc1. The predicted octanol–water partition coefficient (Wildman–Crippen LogP) is 7.25. The standard InChI is InChI=1S/C34H34Cl3N3O4S/c1-24(2)21-38-34(42)32(20-25-10-5-3-6-11-25)39(22-29-30(36)14-9-15-31(29)37)33(41)23-40(27-12-7-4-8-13-27)45(43,44)28-18-16-26(35)17-19-28/h3-19,24,32H,20-23H2,1-2H3,(H,38,42). The molecule has 0 fully saturated rings. The predicted molar refractivity (Wildman–Crippen MR) is 181 cm³/mol. The molecule has 0 aromatic heterocycles. The van der Waals surface area contributed by atoms with Crippen molar-refractivity contribution >= 4 is 62.3 Å². The summed E-state index contributed by atoms with van der Waals surface area (Å²) in [5.74, 6) is -0.838. The summed E-state index contributed by atoms with van der Waals surface area (Å²) in [6.07, 6.45) is 0.174. The third kappa shape index (κ3) is 9.01. The molecule has 0 saturated carbocycles. The van der Waals surface area contributed by atoms with E-state index in [1.165, 1.54) is 29.2 Å². The molecule has 0 bridgehead atoms. The highest BCUT2D eigenvalue weighted by Crippen LogP contribution is 2.29. The van der Waals surface area contributed by atoms with E-state index in [1.54, 1.807) is 48.5 Å². The molecule has 0 aliphatic rings. The number of rotatable bonds is 13. The lowest BCUT2D eigenvalue weighted by molar-refractivity contribution is -0.140. The van der Waals surface area contributed by atoms with Gasteiger partial charge in [-0.25, -0.2) is 8.42 Å². The molecule has 236 valence electrons. The van der Waals surface area contributed by atoms with Gasteiger partial charge < -0.3 is 10.2 Å². The van der Waals surface area contributed by atoms with Crippen molar-refractivity contribution in [3.63, 3.8) is 0 Å². The van der Waals surface area contributed by atoms with Crippen molar-refractivity contribution in [2.24, 2.45) is 5.92 Å². The van der Waals surface area contributed by atoms with E-state index in [0.29, 0.717) is 27.2 Å². The van der Waals surface area contributed by atoms with Gasteiger partial charge in [-0.2, -0.15) is 0 Å². The minimum atomic E-state index is -4.24. The highest BCUT2D eigenvalue weighted by atomic mass is 35.5. The van der Waals surface area contributed by atoms with Gasteiger partial charge in [-0.05, 0) is 60.0 Å². The largest absolute Gasteiger partial charge is 0.354 e. The lowest BCUT2D eigenvalue weighted by Crippen LogP contribution is -2.53. The van der Waals surface area contributed by atoms with Gasteiger partial charge in [0.05, 0.1) is 10.6 Å². The number of halogens is 3. The van der Waals surface area contributed by atoms with Crippen molar-refractivity contribution in [2.75, 3.05) is 17.4 Å². The van der Waals surface area contributed by atoms with E-state index in [9.17, 15) is 18.0 Å². The third-order valence-corrected chi connectivity index (χ3v) is 9.82. The lowest BCUT2D eigenvalue weighted by atomic mass is 10.0. The van der Waals surface area contributed by atoms with Crippen LogP contribution in [-0.2, 0) is 32.6 Å². The second-order valence-electron chi connectivity index (χ2n) is 10.9. The highest BCUT2D eigenvalue weighted by Gasteiger charge is 2.35. The number of nitrogens with one attached hydrogen (secondary N) is 1. The van der Waals surface area contributed by atoms with Crippen molar-refractivity contribution in [1.82, 2.24) is 10.2 Å². The Morgan fingerprint density at radius 3 is 1.93 bits per heavy atom. The van der Waals surface area contributed by atoms with Crippen LogP contribution >= 0.6 is 34.8 Å². The molecule has 1 unspecified atom stereocenters. The minimum absolute atomic E-state index is 0.0419. The van der Waals surface area contributed by atoms with Gasteiger partial charge in [-0.15, -0.1) is 0 Å². The number of para-hydroxylation sites is 1. The molecule has 7 nitrogen and oxygen atoms in total. The summed E-state index contributed by atoms with van der Waals surface area (Å²) in [6, 6.07) is 27.3. The van der Waals surface area contributed by atoms with Crippen LogP contribution in [0, 0.1) is 5.92 Å². The maximum atomic E-state index is 14.5. The molecule has 0 aliphatic heterocycles. The van der Waals surface area contributed by atoms with Crippen LogP contribution in [0.1, 0.15) is 25.0 Å². The highest BCUT2D eigenvalue weighted by molar-refractivity contribution is 7.92. The zero-order chi connectivity index (χ0) is 32.6. The van der Waals surface area contributed by atoms with Gasteiger partial charge in [0.15, 0.2) is 0 Å². The number of sulfonamides is 1. The molecule has 4 aromatic rings. The Kier molecular flexibility index (Phi) is 11.9. The Balaban J connectivity index is 1.81. The fourth-order valence-corrected chi connectivity index (χ4v) is 6.74. The van der Waals surface area contributed by atoms with Crippen LogP contribution in [0.15, 0.2) is 108 Å². The number of benzene rings is 4. The summed E-state index contributed by atoms with van der Waals surface area (Å²) >= 11 is 19.1. The fourth-order valence-electron chi connectivity index (χ4n) is 4.69. The maximum Gasteiger partial charge on any atom is 0.264 e. The van der Waals surface area contributed by atoms with Crippen molar-refractivity contribution in [1.29, 1.82) is 0 Å². The van der Waals surface area contributed by atoms with Gasteiger partial charge in [-0.1, -0.05) is 103 Å². The Labute approximate surface area is 279 Å². The molecular formula is C34H34Cl3N3O4S. The van der Waals surface area contributed by atoms with Crippen molar-refractivity contribution in [3.05, 3.63) is 129 Å². The monoisotopic (exact) mass is 685 g/mol. The van der Waals surface area contributed by atoms with E-state index < -0.39 is 28.5 Å². The Morgan fingerprint density at radius 2 is 1.36 bits per heavy atom. The van der Waals surface area contributed by atoms with Crippen molar-refractivity contribution in [2.45, 2.75) is 37.8 Å². The van der Waals surface area contributed by atoms with E-state index in [1.807, 2.05) is 44.2 Å². The first-order chi connectivity index (χ1) is 21.5. The molecule has 4 aromatic carbocycles. The Hall–Kier alpha value is -3.56. The van der Waals surface area contributed by atoms with Gasteiger partial charge in [0, 0.05) is 40.1 Å². The number of carbonyl (C=O) groups excluding carboxylic acids is 2. The number of hydrogen-bond acceptors (Lipinski definition) is 4. The zero-order valence-electron chi connectivity index (χ0n) is 24.9. The van der Waals surface area contributed by atoms with Gasteiger partial charge in [0.2, 0.25) is 11.8 Å². The quantitative estimate of drug-likeness (QED) is 0.161. The molecule has 1 atom stereocenters. The normalized spacial score (nSPS) is 12.0. The number of nitrogens with zero attached hydrogens (tertiary/aromatic N) is 2. The molecule has 0 aliphatic carbocycles. The molecular weight excluding hydrogens is 653 g/mol. The number of amides is 2. The molecule has 4 rings (SSSR count). The van der Waals surface area contributed by atoms with Crippen LogP contribution in [0.4, 0.5) is 5.69 Å². The molecule has 0 saturated heterocycles. The first-order valence-electron chi connectivity index (χ1n) is 14.3. The van der Waals surface area contributed by atoms with Crippen LogP contribution in [0.5, 0.6) is 0 Å². The molecule has 0 radical (unpaired) electrons. The van der Waals surface area contributed by atoms with Gasteiger partial charge in [0.25, 0.3) is 10.0 Å². The maximum absolute atomic E-state index is 14.5. The van der Waals surface area contributed by atoms with E-state index in [2.05, 4.69) is 5.32 Å². The Bertz CT molecular complexity index is 1680. The average Bonchev–Trinajstić information content (AvgIpc) is 3.02. The van der Waals surface area contributed by atoms with E-state index >= 15 is 0 Å². The summed E-state index contributed by atoms with van der Waals surface area (Å²) in [6.45, 7) is 3.60. The molecule has 2 amide bonds. The van der Waals surface area contributed by atoms with Crippen LogP contribution in [0.3, 0.4) is 0 Å². The van der Waals surface area contributed by atoms with Crippen molar-refractivity contribution in [3.8, 4) is 0 Å². The van der Waals surface area contributed by atoms with E-state index in [0.717, 1.165) is 9.87 Å².